The zero-order chi connectivity index (χ0) is 14.3. The molecular formula is C10H19N2O5S+. The number of ether oxygens (including phenoxy) is 1. The second kappa shape index (κ2) is 7.22. The minimum absolute atomic E-state index is 0.0744. The summed E-state index contributed by atoms with van der Waals surface area (Å²) in [4.78, 5) is 21.9. The summed E-state index contributed by atoms with van der Waals surface area (Å²) in [5.41, 5.74) is 4.83. The summed E-state index contributed by atoms with van der Waals surface area (Å²) in [6.45, 7) is 5.09. The van der Waals surface area contributed by atoms with Gasteiger partial charge in [-0.25, -0.2) is 4.79 Å². The van der Waals surface area contributed by atoms with Crippen LogP contribution in [0.25, 0.3) is 0 Å². The number of hydrogen-bond donors (Lipinski definition) is 3. The first-order valence-corrected chi connectivity index (χ1v) is 6.21. The molecule has 0 aliphatic rings. The maximum absolute atomic E-state index is 11.5. The van der Waals surface area contributed by atoms with E-state index in [4.69, 9.17) is 15.6 Å². The first-order valence-electron chi connectivity index (χ1n) is 5.41. The van der Waals surface area contributed by atoms with Crippen LogP contribution in [0.3, 0.4) is 0 Å². The second-order valence-corrected chi connectivity index (χ2v) is 5.48. The molecule has 18 heavy (non-hydrogen) atoms. The highest BCUT2D eigenvalue weighted by Crippen LogP contribution is 2.08. The Bertz CT molecular complexity index is 316. The molecule has 0 fully saturated rings. The zero-order valence-corrected chi connectivity index (χ0v) is 11.5. The number of rotatable bonds is 6. The van der Waals surface area contributed by atoms with E-state index in [2.05, 4.69) is 5.32 Å². The predicted molar refractivity (Wildman–Crippen MR) is 66.1 cm³/mol. The molecule has 8 heteroatoms. The van der Waals surface area contributed by atoms with Gasteiger partial charge in [0.2, 0.25) is 0 Å². The van der Waals surface area contributed by atoms with E-state index in [1.54, 1.807) is 20.8 Å². The molecular weight excluding hydrogens is 260 g/mol. The van der Waals surface area contributed by atoms with Crippen molar-refractivity contribution < 1.29 is 23.6 Å². The van der Waals surface area contributed by atoms with Crippen molar-refractivity contribution in [1.29, 1.82) is 0 Å². The molecule has 0 spiro atoms. The van der Waals surface area contributed by atoms with E-state index in [9.17, 15) is 13.8 Å². The molecule has 0 aromatic rings. The Morgan fingerprint density at radius 3 is 2.39 bits per heavy atom. The average Bonchev–Trinajstić information content (AvgIpc) is 2.20. The summed E-state index contributed by atoms with van der Waals surface area (Å²) >= 11 is 0.109. The molecule has 0 radical (unpaired) electrons. The number of carbonyl (C=O) groups is 2. The van der Waals surface area contributed by atoms with Gasteiger partial charge in [-0.1, -0.05) is 0 Å². The average molecular weight is 279 g/mol. The summed E-state index contributed by atoms with van der Waals surface area (Å²) in [6, 6.07) is -0.738. The fraction of sp³-hybridized carbons (Fsp3) is 0.800. The maximum Gasteiger partial charge on any atom is 0.481 e. The summed E-state index contributed by atoms with van der Waals surface area (Å²) in [5.74, 6) is -1.02. The summed E-state index contributed by atoms with van der Waals surface area (Å²) in [6.07, 6.45) is -0.831. The lowest BCUT2D eigenvalue weighted by molar-refractivity contribution is -0.137. The van der Waals surface area contributed by atoms with Gasteiger partial charge in [-0.3, -0.25) is 10.5 Å². The van der Waals surface area contributed by atoms with E-state index in [1.807, 2.05) is 0 Å². The molecule has 104 valence electrons. The van der Waals surface area contributed by atoms with Crippen molar-refractivity contribution in [1.82, 2.24) is 5.32 Å². The number of carboxylic acid groups (broad SMARTS) is 1. The Labute approximate surface area is 110 Å². The van der Waals surface area contributed by atoms with Crippen LogP contribution in [-0.4, -0.2) is 34.2 Å². The maximum atomic E-state index is 11.5. The SMILES string of the molecule is CC(C)(C)OC(=O)N[C@@H](CCC(=O)O)C(N)[S+]=O. The molecule has 2 atom stereocenters. The van der Waals surface area contributed by atoms with Crippen molar-refractivity contribution in [2.45, 2.75) is 50.6 Å². The predicted octanol–water partition coefficient (Wildman–Crippen LogP) is 0.457. The zero-order valence-electron chi connectivity index (χ0n) is 10.6. The van der Waals surface area contributed by atoms with Gasteiger partial charge in [-0.05, 0) is 27.2 Å². The molecule has 0 rings (SSSR count). The molecule has 0 saturated carbocycles. The quantitative estimate of drug-likeness (QED) is 0.480. The number of hydrogen-bond acceptors (Lipinski definition) is 5. The van der Waals surface area contributed by atoms with Gasteiger partial charge in [0.05, 0.1) is 0 Å². The number of carbonyl (C=O) groups excluding carboxylic acids is 1. The topological polar surface area (TPSA) is 119 Å². The molecule has 0 bridgehead atoms. The largest absolute Gasteiger partial charge is 0.481 e. The number of alkyl carbamates (subject to hydrolysis) is 1. The van der Waals surface area contributed by atoms with Crippen LogP contribution >= 0.6 is 0 Å². The first kappa shape index (κ1) is 16.7. The van der Waals surface area contributed by atoms with Gasteiger partial charge in [-0.2, -0.15) is 0 Å². The Morgan fingerprint density at radius 2 is 2.00 bits per heavy atom. The van der Waals surface area contributed by atoms with Crippen LogP contribution in [0.2, 0.25) is 0 Å². The standard InChI is InChI=1S/C10H18N2O5S/c1-10(2,3)17-9(15)12-6(8(11)18-16)4-5-7(13)14/h6,8H,4-5,11H2,1-3H3,(H-,12,13,14,15)/p+1/t6-,8?/m0/s1. The first-order chi connectivity index (χ1) is 8.15. The molecule has 0 heterocycles. The van der Waals surface area contributed by atoms with Crippen LogP contribution < -0.4 is 11.1 Å². The van der Waals surface area contributed by atoms with Gasteiger partial charge in [0.1, 0.15) is 11.6 Å². The third-order valence-electron chi connectivity index (χ3n) is 1.88. The minimum Gasteiger partial charge on any atom is -0.481 e. The molecule has 0 saturated heterocycles. The van der Waals surface area contributed by atoms with Gasteiger partial charge >= 0.3 is 29.1 Å². The van der Waals surface area contributed by atoms with Gasteiger partial charge in [0.15, 0.2) is 0 Å². The van der Waals surface area contributed by atoms with Crippen molar-refractivity contribution in [3.05, 3.63) is 0 Å². The molecule has 0 aliphatic carbocycles. The lowest BCUT2D eigenvalue weighted by Crippen LogP contribution is -2.48. The Balaban J connectivity index is 4.44. The van der Waals surface area contributed by atoms with Crippen molar-refractivity contribution in [2.75, 3.05) is 0 Å². The third-order valence-corrected chi connectivity index (χ3v) is 2.43. The monoisotopic (exact) mass is 279 g/mol. The summed E-state index contributed by atoms with van der Waals surface area (Å²) < 4.78 is 15.6. The van der Waals surface area contributed by atoms with Crippen LogP contribution in [0.15, 0.2) is 0 Å². The number of carboxylic acids is 1. The smallest absolute Gasteiger partial charge is 0.481 e. The van der Waals surface area contributed by atoms with Crippen LogP contribution in [0.5, 0.6) is 0 Å². The van der Waals surface area contributed by atoms with Crippen LogP contribution in [-0.2, 0) is 25.4 Å². The summed E-state index contributed by atoms with van der Waals surface area (Å²) in [7, 11) is 0. The molecule has 0 aromatic heterocycles. The number of aliphatic carboxylic acids is 1. The van der Waals surface area contributed by atoms with Gasteiger partial charge in [-0.15, -0.1) is 0 Å². The van der Waals surface area contributed by atoms with Crippen LogP contribution in [0, 0.1) is 0 Å². The van der Waals surface area contributed by atoms with Crippen molar-refractivity contribution in [2.24, 2.45) is 5.73 Å². The Morgan fingerprint density at radius 1 is 1.44 bits per heavy atom. The lowest BCUT2D eigenvalue weighted by atomic mass is 10.1. The van der Waals surface area contributed by atoms with E-state index in [0.29, 0.717) is 0 Å². The van der Waals surface area contributed by atoms with Crippen LogP contribution in [0.4, 0.5) is 4.79 Å². The highest BCUT2D eigenvalue weighted by Gasteiger charge is 2.31. The minimum atomic E-state index is -1.02. The van der Waals surface area contributed by atoms with E-state index in [-0.39, 0.29) is 24.5 Å². The fourth-order valence-corrected chi connectivity index (χ4v) is 1.46. The van der Waals surface area contributed by atoms with Crippen LogP contribution in [0.1, 0.15) is 33.6 Å². The normalized spacial score (nSPS) is 14.4. The molecule has 4 N–H and O–H groups in total. The summed E-state index contributed by atoms with van der Waals surface area (Å²) in [5, 5.41) is 10.1. The number of amides is 1. The molecule has 0 aliphatic heterocycles. The van der Waals surface area contributed by atoms with Crippen molar-refractivity contribution in [3.63, 3.8) is 0 Å². The second-order valence-electron chi connectivity index (χ2n) is 4.75. The van der Waals surface area contributed by atoms with Gasteiger partial charge in [0.25, 0.3) is 0 Å². The molecule has 1 unspecified atom stereocenters. The fourth-order valence-electron chi connectivity index (χ4n) is 1.12. The van der Waals surface area contributed by atoms with Gasteiger partial charge < -0.3 is 15.2 Å². The van der Waals surface area contributed by atoms with Crippen molar-refractivity contribution in [3.8, 4) is 0 Å². The number of nitrogens with two attached hydrogens (primary N) is 1. The number of nitrogens with one attached hydrogen (secondary N) is 1. The van der Waals surface area contributed by atoms with E-state index in [0.717, 1.165) is 0 Å². The highest BCUT2D eigenvalue weighted by atomic mass is 32.1. The Hall–Kier alpha value is -1.28. The highest BCUT2D eigenvalue weighted by molar-refractivity contribution is 7.66. The van der Waals surface area contributed by atoms with E-state index in [1.165, 1.54) is 0 Å². The lowest BCUT2D eigenvalue weighted by Gasteiger charge is -2.22. The molecule has 0 aromatic carbocycles. The molecule has 7 nitrogen and oxygen atoms in total. The van der Waals surface area contributed by atoms with E-state index < -0.39 is 29.1 Å². The van der Waals surface area contributed by atoms with E-state index >= 15 is 0 Å². The molecule has 1 amide bonds. The third kappa shape index (κ3) is 7.91. The van der Waals surface area contributed by atoms with Crippen molar-refractivity contribution >= 4 is 23.7 Å². The van der Waals surface area contributed by atoms with Gasteiger partial charge in [0, 0.05) is 10.6 Å². The Kier molecular flexibility index (Phi) is 6.71.